The van der Waals surface area contributed by atoms with Crippen LogP contribution < -0.4 is 0 Å². The average molecular weight is 394 g/mol. The van der Waals surface area contributed by atoms with E-state index in [-0.39, 0.29) is 29.1 Å². The van der Waals surface area contributed by atoms with Gasteiger partial charge in [-0.2, -0.15) is 18.3 Å². The molecule has 0 aliphatic heterocycles. The lowest BCUT2D eigenvalue weighted by Gasteiger charge is -2.13. The molecule has 0 N–H and O–H groups in total. The molecule has 0 fully saturated rings. The molecule has 0 atom stereocenters. The number of carbonyl (C=O) groups excluding carboxylic acids is 1. The van der Waals surface area contributed by atoms with Gasteiger partial charge >= 0.3 is 6.18 Å². The van der Waals surface area contributed by atoms with Gasteiger partial charge in [0.25, 0.3) is 5.91 Å². The lowest BCUT2D eigenvalue weighted by Crippen LogP contribution is -2.26. The number of benzene rings is 1. The SMILES string of the molecule is COCc1nn(-c2cc(C(F)(F)F)nc3ccccc23)cc1C(=O)N(C)OC. The topological polar surface area (TPSA) is 69.5 Å². The minimum atomic E-state index is -4.63. The lowest BCUT2D eigenvalue weighted by molar-refractivity contribution is -0.140. The van der Waals surface area contributed by atoms with E-state index in [1.165, 1.54) is 38.2 Å². The van der Waals surface area contributed by atoms with Gasteiger partial charge in [0.2, 0.25) is 0 Å². The summed E-state index contributed by atoms with van der Waals surface area (Å²) in [5.41, 5.74) is -0.314. The molecule has 0 saturated carbocycles. The van der Waals surface area contributed by atoms with Crippen LogP contribution in [0, 0.1) is 0 Å². The Balaban J connectivity index is 2.23. The number of fused-ring (bicyclic) bond motifs is 1. The first-order valence-corrected chi connectivity index (χ1v) is 8.13. The Hall–Kier alpha value is -2.98. The van der Waals surface area contributed by atoms with Gasteiger partial charge in [0, 0.05) is 25.7 Å². The quantitative estimate of drug-likeness (QED) is 0.622. The van der Waals surface area contributed by atoms with E-state index in [1.54, 1.807) is 18.2 Å². The maximum absolute atomic E-state index is 13.3. The number of hydrogen-bond acceptors (Lipinski definition) is 5. The zero-order valence-corrected chi connectivity index (χ0v) is 15.3. The summed E-state index contributed by atoms with van der Waals surface area (Å²) in [4.78, 5) is 21.1. The van der Waals surface area contributed by atoms with Crippen LogP contribution in [0.2, 0.25) is 0 Å². The molecule has 10 heteroatoms. The summed E-state index contributed by atoms with van der Waals surface area (Å²) >= 11 is 0. The van der Waals surface area contributed by atoms with E-state index in [9.17, 15) is 18.0 Å². The molecule has 0 aliphatic rings. The second-order valence-electron chi connectivity index (χ2n) is 5.89. The number of rotatable bonds is 5. The number of methoxy groups -OCH3 is 1. The van der Waals surface area contributed by atoms with E-state index in [0.29, 0.717) is 5.39 Å². The van der Waals surface area contributed by atoms with E-state index < -0.39 is 17.8 Å². The zero-order valence-electron chi connectivity index (χ0n) is 15.3. The fraction of sp³-hybridized carbons (Fsp3) is 0.278. The highest BCUT2D eigenvalue weighted by Crippen LogP contribution is 2.32. The molecule has 1 aromatic carbocycles. The first-order chi connectivity index (χ1) is 13.3. The highest BCUT2D eigenvalue weighted by atomic mass is 19.4. The van der Waals surface area contributed by atoms with Crippen molar-refractivity contribution in [2.45, 2.75) is 12.8 Å². The van der Waals surface area contributed by atoms with Crippen molar-refractivity contribution in [1.29, 1.82) is 0 Å². The Morgan fingerprint density at radius 3 is 2.61 bits per heavy atom. The van der Waals surface area contributed by atoms with Crippen LogP contribution in [-0.4, -0.2) is 47.0 Å². The van der Waals surface area contributed by atoms with Gasteiger partial charge < -0.3 is 4.74 Å². The Bertz CT molecular complexity index is 1020. The van der Waals surface area contributed by atoms with Crippen molar-refractivity contribution < 1.29 is 27.5 Å². The summed E-state index contributed by atoms with van der Waals surface area (Å²) < 4.78 is 46.2. The molecular weight excluding hydrogens is 377 g/mol. The van der Waals surface area contributed by atoms with Crippen LogP contribution in [0.15, 0.2) is 36.5 Å². The van der Waals surface area contributed by atoms with Crippen LogP contribution >= 0.6 is 0 Å². The van der Waals surface area contributed by atoms with Crippen molar-refractivity contribution in [3.05, 3.63) is 53.5 Å². The lowest BCUT2D eigenvalue weighted by atomic mass is 10.1. The molecule has 3 rings (SSSR count). The first kappa shape index (κ1) is 19.8. The van der Waals surface area contributed by atoms with E-state index in [4.69, 9.17) is 9.57 Å². The molecule has 28 heavy (non-hydrogen) atoms. The van der Waals surface area contributed by atoms with Crippen molar-refractivity contribution in [2.75, 3.05) is 21.3 Å². The normalized spacial score (nSPS) is 11.8. The number of carbonyl (C=O) groups is 1. The number of alkyl halides is 3. The summed E-state index contributed by atoms with van der Waals surface area (Å²) in [7, 11) is 4.17. The maximum atomic E-state index is 13.3. The standard InChI is InChI=1S/C18H17F3N4O3/c1-24(28-3)17(26)12-9-25(23-14(12)10-27-2)15-8-16(18(19,20)21)22-13-7-5-4-6-11(13)15/h4-9H,10H2,1-3H3. The van der Waals surface area contributed by atoms with Crippen molar-refractivity contribution in [2.24, 2.45) is 0 Å². The molecule has 0 unspecified atom stereocenters. The van der Waals surface area contributed by atoms with Crippen LogP contribution in [0.4, 0.5) is 13.2 Å². The molecule has 0 saturated heterocycles. The minimum absolute atomic E-state index is 0.000766. The number of amides is 1. The fourth-order valence-corrected chi connectivity index (χ4v) is 2.70. The Labute approximate surface area is 158 Å². The highest BCUT2D eigenvalue weighted by Gasteiger charge is 2.34. The number of halogens is 3. The van der Waals surface area contributed by atoms with Gasteiger partial charge in [0.15, 0.2) is 0 Å². The van der Waals surface area contributed by atoms with Gasteiger partial charge in [-0.05, 0) is 12.1 Å². The summed E-state index contributed by atoms with van der Waals surface area (Å²) in [6, 6.07) is 7.31. The summed E-state index contributed by atoms with van der Waals surface area (Å²) in [5, 5.41) is 5.73. The molecule has 0 spiro atoms. The van der Waals surface area contributed by atoms with E-state index in [2.05, 4.69) is 10.1 Å². The molecule has 7 nitrogen and oxygen atoms in total. The Morgan fingerprint density at radius 1 is 1.25 bits per heavy atom. The number of ether oxygens (including phenoxy) is 1. The van der Waals surface area contributed by atoms with Gasteiger partial charge in [-0.1, -0.05) is 18.2 Å². The molecule has 0 radical (unpaired) electrons. The molecular formula is C18H17F3N4O3. The van der Waals surface area contributed by atoms with Crippen LogP contribution in [-0.2, 0) is 22.4 Å². The van der Waals surface area contributed by atoms with Gasteiger partial charge in [-0.3, -0.25) is 9.63 Å². The number of aromatic nitrogens is 3. The monoisotopic (exact) mass is 394 g/mol. The van der Waals surface area contributed by atoms with Gasteiger partial charge in [0.1, 0.15) is 11.4 Å². The van der Waals surface area contributed by atoms with Crippen molar-refractivity contribution >= 4 is 16.8 Å². The largest absolute Gasteiger partial charge is 0.433 e. The predicted octanol–water partition coefficient (Wildman–Crippen LogP) is 3.22. The van der Waals surface area contributed by atoms with E-state index >= 15 is 0 Å². The summed E-state index contributed by atoms with van der Waals surface area (Å²) in [5.74, 6) is -0.504. The minimum Gasteiger partial charge on any atom is -0.378 e. The third-order valence-corrected chi connectivity index (χ3v) is 4.09. The predicted molar refractivity (Wildman–Crippen MR) is 93.7 cm³/mol. The Kier molecular flexibility index (Phi) is 5.34. The zero-order chi connectivity index (χ0) is 20.5. The molecule has 3 aromatic rings. The van der Waals surface area contributed by atoms with Crippen molar-refractivity contribution in [3.8, 4) is 5.69 Å². The number of pyridine rings is 1. The van der Waals surface area contributed by atoms with Gasteiger partial charge in [-0.25, -0.2) is 14.7 Å². The molecule has 2 aromatic heterocycles. The average Bonchev–Trinajstić information content (AvgIpc) is 3.09. The number of para-hydroxylation sites is 1. The fourth-order valence-electron chi connectivity index (χ4n) is 2.70. The summed E-state index contributed by atoms with van der Waals surface area (Å²) in [6.07, 6.45) is -3.27. The second-order valence-corrected chi connectivity index (χ2v) is 5.89. The first-order valence-electron chi connectivity index (χ1n) is 8.13. The van der Waals surface area contributed by atoms with E-state index in [1.807, 2.05) is 0 Å². The van der Waals surface area contributed by atoms with Crippen LogP contribution in [0.5, 0.6) is 0 Å². The maximum Gasteiger partial charge on any atom is 0.433 e. The van der Waals surface area contributed by atoms with E-state index in [0.717, 1.165) is 11.1 Å². The van der Waals surface area contributed by atoms with Crippen molar-refractivity contribution in [1.82, 2.24) is 19.8 Å². The smallest absolute Gasteiger partial charge is 0.378 e. The number of nitrogens with zero attached hydrogens (tertiary/aromatic N) is 4. The van der Waals surface area contributed by atoms with Gasteiger partial charge in [0.05, 0.1) is 30.5 Å². The van der Waals surface area contributed by atoms with Crippen LogP contribution in [0.25, 0.3) is 16.6 Å². The number of hydrogen-bond donors (Lipinski definition) is 0. The highest BCUT2D eigenvalue weighted by molar-refractivity contribution is 5.95. The molecule has 2 heterocycles. The third kappa shape index (κ3) is 3.69. The molecule has 148 valence electrons. The van der Waals surface area contributed by atoms with Gasteiger partial charge in [-0.15, -0.1) is 0 Å². The molecule has 0 aliphatic carbocycles. The Morgan fingerprint density at radius 2 is 1.96 bits per heavy atom. The van der Waals surface area contributed by atoms with Crippen LogP contribution in [0.1, 0.15) is 21.7 Å². The number of hydroxylamine groups is 2. The van der Waals surface area contributed by atoms with Crippen molar-refractivity contribution in [3.63, 3.8) is 0 Å². The second kappa shape index (κ2) is 7.56. The summed E-state index contributed by atoms with van der Waals surface area (Å²) in [6.45, 7) is 0.000766. The van der Waals surface area contributed by atoms with Crippen LogP contribution in [0.3, 0.4) is 0 Å². The molecule has 1 amide bonds. The molecule has 0 bridgehead atoms. The third-order valence-electron chi connectivity index (χ3n) is 4.09.